The van der Waals surface area contributed by atoms with Crippen LogP contribution in [0.25, 0.3) is 0 Å². The third-order valence-corrected chi connectivity index (χ3v) is 4.06. The van der Waals surface area contributed by atoms with Crippen LogP contribution < -0.4 is 4.72 Å². The molecule has 1 fully saturated rings. The minimum atomic E-state index is -3.13. The SMILES string of the molecule is COCCCS(=O)(=O)NC1CC(Cl)C1. The van der Waals surface area contributed by atoms with Gasteiger partial charge in [-0.25, -0.2) is 13.1 Å². The maximum Gasteiger partial charge on any atom is 0.211 e. The molecule has 1 rings (SSSR count). The number of methoxy groups -OCH3 is 1. The van der Waals surface area contributed by atoms with Gasteiger partial charge in [0.25, 0.3) is 0 Å². The van der Waals surface area contributed by atoms with Gasteiger partial charge >= 0.3 is 0 Å². The lowest BCUT2D eigenvalue weighted by atomic mass is 9.94. The van der Waals surface area contributed by atoms with Crippen LogP contribution in [0.5, 0.6) is 0 Å². The van der Waals surface area contributed by atoms with Crippen molar-refractivity contribution < 1.29 is 13.2 Å². The molecule has 0 spiro atoms. The van der Waals surface area contributed by atoms with E-state index in [1.807, 2.05) is 0 Å². The van der Waals surface area contributed by atoms with E-state index in [1.54, 1.807) is 7.11 Å². The molecule has 1 saturated carbocycles. The maximum absolute atomic E-state index is 11.4. The Bertz CT molecular complexity index is 262. The average Bonchev–Trinajstić information content (AvgIpc) is 2.01. The van der Waals surface area contributed by atoms with Gasteiger partial charge in [-0.05, 0) is 19.3 Å². The number of hydrogen-bond acceptors (Lipinski definition) is 3. The molecule has 0 aromatic heterocycles. The van der Waals surface area contributed by atoms with Crippen LogP contribution in [0.15, 0.2) is 0 Å². The standard InChI is InChI=1S/C8H16ClNO3S/c1-13-3-2-4-14(11,12)10-8-5-7(9)6-8/h7-8,10H,2-6H2,1H3. The van der Waals surface area contributed by atoms with E-state index in [2.05, 4.69) is 4.72 Å². The van der Waals surface area contributed by atoms with Crippen LogP contribution >= 0.6 is 11.6 Å². The second-order valence-electron chi connectivity index (χ2n) is 3.55. The van der Waals surface area contributed by atoms with Gasteiger partial charge in [0, 0.05) is 25.1 Å². The van der Waals surface area contributed by atoms with Crippen LogP contribution in [-0.2, 0) is 14.8 Å². The van der Waals surface area contributed by atoms with Crippen molar-refractivity contribution in [3.8, 4) is 0 Å². The second-order valence-corrected chi connectivity index (χ2v) is 6.04. The first-order valence-electron chi connectivity index (χ1n) is 4.66. The number of alkyl halides is 1. The fourth-order valence-electron chi connectivity index (χ4n) is 1.35. The Balaban J connectivity index is 2.21. The van der Waals surface area contributed by atoms with Crippen LogP contribution in [0.4, 0.5) is 0 Å². The molecule has 0 heterocycles. The Morgan fingerprint density at radius 2 is 2.14 bits per heavy atom. The van der Waals surface area contributed by atoms with Crippen LogP contribution in [-0.4, -0.2) is 39.3 Å². The number of ether oxygens (including phenoxy) is 1. The highest BCUT2D eigenvalue weighted by Crippen LogP contribution is 2.25. The van der Waals surface area contributed by atoms with Crippen molar-refractivity contribution in [3.05, 3.63) is 0 Å². The van der Waals surface area contributed by atoms with Crippen molar-refractivity contribution in [1.82, 2.24) is 4.72 Å². The van der Waals surface area contributed by atoms with Crippen molar-refractivity contribution in [3.63, 3.8) is 0 Å². The highest BCUT2D eigenvalue weighted by Gasteiger charge is 2.30. The van der Waals surface area contributed by atoms with E-state index in [-0.39, 0.29) is 17.2 Å². The molecule has 0 radical (unpaired) electrons. The molecule has 0 bridgehead atoms. The molecule has 6 heteroatoms. The molecule has 14 heavy (non-hydrogen) atoms. The third kappa shape index (κ3) is 4.13. The quantitative estimate of drug-likeness (QED) is 0.551. The second kappa shape index (κ2) is 5.30. The van der Waals surface area contributed by atoms with Crippen LogP contribution in [0.1, 0.15) is 19.3 Å². The number of halogens is 1. The van der Waals surface area contributed by atoms with E-state index in [9.17, 15) is 8.42 Å². The number of sulfonamides is 1. The van der Waals surface area contributed by atoms with Crippen molar-refractivity contribution in [2.75, 3.05) is 19.5 Å². The summed E-state index contributed by atoms with van der Waals surface area (Å²) in [6.07, 6.45) is 2.01. The largest absolute Gasteiger partial charge is 0.385 e. The van der Waals surface area contributed by atoms with Gasteiger partial charge < -0.3 is 4.74 Å². The van der Waals surface area contributed by atoms with Gasteiger partial charge in [-0.3, -0.25) is 0 Å². The summed E-state index contributed by atoms with van der Waals surface area (Å²) in [5.41, 5.74) is 0. The summed E-state index contributed by atoms with van der Waals surface area (Å²) >= 11 is 5.74. The molecule has 0 aromatic rings. The van der Waals surface area contributed by atoms with E-state index in [1.165, 1.54) is 0 Å². The molecule has 0 atom stereocenters. The van der Waals surface area contributed by atoms with Gasteiger partial charge in [0.2, 0.25) is 10.0 Å². The summed E-state index contributed by atoms with van der Waals surface area (Å²) in [7, 11) is -1.57. The molecule has 0 saturated heterocycles. The Labute approximate surface area is 90.0 Å². The summed E-state index contributed by atoms with van der Waals surface area (Å²) < 4.78 is 30.2. The molecule has 4 nitrogen and oxygen atoms in total. The predicted octanol–water partition coefficient (Wildman–Crippen LogP) is 0.712. The normalized spacial score (nSPS) is 27.3. The monoisotopic (exact) mass is 241 g/mol. The van der Waals surface area contributed by atoms with Crippen molar-refractivity contribution >= 4 is 21.6 Å². The maximum atomic E-state index is 11.4. The van der Waals surface area contributed by atoms with Gasteiger partial charge in [-0.1, -0.05) is 0 Å². The zero-order valence-corrected chi connectivity index (χ0v) is 9.77. The van der Waals surface area contributed by atoms with Crippen LogP contribution in [0.3, 0.4) is 0 Å². The Kier molecular flexibility index (Phi) is 4.63. The third-order valence-electron chi connectivity index (χ3n) is 2.19. The van der Waals surface area contributed by atoms with Crippen molar-refractivity contribution in [2.24, 2.45) is 0 Å². The first kappa shape index (κ1) is 12.2. The van der Waals surface area contributed by atoms with E-state index in [0.29, 0.717) is 13.0 Å². The van der Waals surface area contributed by atoms with Gasteiger partial charge in [0.1, 0.15) is 0 Å². The molecule has 1 aliphatic carbocycles. The van der Waals surface area contributed by atoms with Crippen molar-refractivity contribution in [1.29, 1.82) is 0 Å². The van der Waals surface area contributed by atoms with Gasteiger partial charge in [-0.2, -0.15) is 0 Å². The first-order valence-corrected chi connectivity index (χ1v) is 6.75. The van der Waals surface area contributed by atoms with E-state index < -0.39 is 10.0 Å². The van der Waals surface area contributed by atoms with Crippen LogP contribution in [0.2, 0.25) is 0 Å². The lowest BCUT2D eigenvalue weighted by Crippen LogP contribution is -2.45. The lowest BCUT2D eigenvalue weighted by molar-refractivity contribution is 0.199. The zero-order chi connectivity index (χ0) is 10.6. The number of rotatable bonds is 6. The summed E-state index contributed by atoms with van der Waals surface area (Å²) in [6.45, 7) is 0.476. The summed E-state index contributed by atoms with van der Waals surface area (Å²) in [5.74, 6) is 0.129. The highest BCUT2D eigenvalue weighted by molar-refractivity contribution is 7.89. The topological polar surface area (TPSA) is 55.4 Å². The van der Waals surface area contributed by atoms with Gasteiger partial charge in [-0.15, -0.1) is 11.6 Å². The molecule has 1 N–H and O–H groups in total. The van der Waals surface area contributed by atoms with E-state index >= 15 is 0 Å². The summed E-state index contributed by atoms with van der Waals surface area (Å²) in [4.78, 5) is 0. The molecule has 0 aliphatic heterocycles. The summed E-state index contributed by atoms with van der Waals surface area (Å²) in [5, 5.41) is 0.140. The van der Waals surface area contributed by atoms with Gasteiger partial charge in [0.05, 0.1) is 5.75 Å². The summed E-state index contributed by atoms with van der Waals surface area (Å²) in [6, 6.07) is 0.0463. The molecule has 0 amide bonds. The Hall–Kier alpha value is 0.160. The minimum Gasteiger partial charge on any atom is -0.385 e. The highest BCUT2D eigenvalue weighted by atomic mass is 35.5. The van der Waals surface area contributed by atoms with E-state index in [4.69, 9.17) is 16.3 Å². The Morgan fingerprint density at radius 1 is 1.50 bits per heavy atom. The molecule has 0 unspecified atom stereocenters. The smallest absolute Gasteiger partial charge is 0.211 e. The minimum absolute atomic E-state index is 0.0463. The lowest BCUT2D eigenvalue weighted by Gasteiger charge is -2.31. The average molecular weight is 242 g/mol. The zero-order valence-electron chi connectivity index (χ0n) is 8.20. The van der Waals surface area contributed by atoms with Gasteiger partial charge in [0.15, 0.2) is 0 Å². The molecular weight excluding hydrogens is 226 g/mol. The Morgan fingerprint density at radius 3 is 2.64 bits per heavy atom. The molecule has 84 valence electrons. The number of hydrogen-bond donors (Lipinski definition) is 1. The first-order chi connectivity index (χ1) is 6.53. The fraction of sp³-hybridized carbons (Fsp3) is 1.00. The van der Waals surface area contributed by atoms with Crippen molar-refractivity contribution in [2.45, 2.75) is 30.7 Å². The van der Waals surface area contributed by atoms with Crippen LogP contribution in [0, 0.1) is 0 Å². The van der Waals surface area contributed by atoms with E-state index in [0.717, 1.165) is 12.8 Å². The fourth-order valence-corrected chi connectivity index (χ4v) is 3.10. The molecule has 1 aliphatic rings. The predicted molar refractivity (Wildman–Crippen MR) is 56.1 cm³/mol. The molecular formula is C8H16ClNO3S. The number of nitrogens with one attached hydrogen (secondary N) is 1. The molecule has 0 aromatic carbocycles.